The van der Waals surface area contributed by atoms with Crippen molar-refractivity contribution in [3.05, 3.63) is 109 Å². The number of amides is 1. The molecule has 0 fully saturated rings. The van der Waals surface area contributed by atoms with Crippen molar-refractivity contribution in [2.75, 3.05) is 16.6 Å². The Morgan fingerprint density at radius 2 is 1.65 bits per heavy atom. The van der Waals surface area contributed by atoms with Gasteiger partial charge in [-0.15, -0.1) is 0 Å². The molecule has 3 aromatic carbocycles. The normalized spacial score (nSPS) is 11.1. The van der Waals surface area contributed by atoms with E-state index in [1.54, 1.807) is 55.1 Å². The molecule has 0 unspecified atom stereocenters. The summed E-state index contributed by atoms with van der Waals surface area (Å²) in [5.41, 5.74) is 2.25. The first kappa shape index (κ1) is 23.1. The molecule has 0 bridgehead atoms. The number of benzene rings is 3. The van der Waals surface area contributed by atoms with E-state index >= 15 is 0 Å². The summed E-state index contributed by atoms with van der Waals surface area (Å²) in [6.45, 7) is 1.41. The molecule has 174 valence electrons. The number of nitrogens with one attached hydrogen (secondary N) is 3. The molecule has 1 heterocycles. The van der Waals surface area contributed by atoms with Crippen LogP contribution >= 0.6 is 0 Å². The van der Waals surface area contributed by atoms with Gasteiger partial charge in [0.1, 0.15) is 0 Å². The average Bonchev–Trinajstić information content (AvgIpc) is 3.37. The molecule has 4 aromatic rings. The number of anilines is 2. The fourth-order valence-corrected chi connectivity index (χ4v) is 4.46. The molecule has 8 nitrogen and oxygen atoms in total. The summed E-state index contributed by atoms with van der Waals surface area (Å²) in [4.78, 5) is 16.8. The Hall–Kier alpha value is -4.11. The number of para-hydroxylation sites is 1. The second-order valence-electron chi connectivity index (χ2n) is 7.61. The lowest BCUT2D eigenvalue weighted by molar-refractivity contribution is 0.0952. The molecule has 1 amide bonds. The number of rotatable bonds is 10. The predicted octanol–water partition coefficient (Wildman–Crippen LogP) is 3.73. The number of aromatic nitrogens is 2. The maximum atomic E-state index is 13.1. The topological polar surface area (TPSA) is 105 Å². The van der Waals surface area contributed by atoms with Crippen LogP contribution in [0.5, 0.6) is 0 Å². The van der Waals surface area contributed by atoms with Gasteiger partial charge < -0.3 is 15.2 Å². The smallest absolute Gasteiger partial charge is 0.261 e. The van der Waals surface area contributed by atoms with Crippen LogP contribution in [0.15, 0.2) is 102 Å². The average molecular weight is 476 g/mol. The largest absolute Gasteiger partial charge is 0.381 e. The molecule has 9 heteroatoms. The van der Waals surface area contributed by atoms with Crippen molar-refractivity contribution in [1.29, 1.82) is 0 Å². The molecule has 0 saturated heterocycles. The van der Waals surface area contributed by atoms with Crippen molar-refractivity contribution in [1.82, 2.24) is 14.9 Å². The van der Waals surface area contributed by atoms with Gasteiger partial charge in [0.15, 0.2) is 0 Å². The summed E-state index contributed by atoms with van der Waals surface area (Å²) >= 11 is 0. The molecular formula is C25H25N5O3S. The van der Waals surface area contributed by atoms with Crippen molar-refractivity contribution in [2.24, 2.45) is 0 Å². The number of carbonyl (C=O) groups excluding carboxylic acids is 1. The maximum Gasteiger partial charge on any atom is 0.261 e. The predicted molar refractivity (Wildman–Crippen MR) is 132 cm³/mol. The molecule has 0 radical (unpaired) electrons. The molecular weight excluding hydrogens is 450 g/mol. The van der Waals surface area contributed by atoms with Gasteiger partial charge in [0, 0.05) is 49.0 Å². The lowest BCUT2D eigenvalue weighted by atomic mass is 10.1. The van der Waals surface area contributed by atoms with Crippen LogP contribution in [0.25, 0.3) is 0 Å². The summed E-state index contributed by atoms with van der Waals surface area (Å²) < 4.78 is 30.6. The quantitative estimate of drug-likeness (QED) is 0.324. The minimum absolute atomic E-state index is 0.00539. The van der Waals surface area contributed by atoms with E-state index in [9.17, 15) is 13.2 Å². The van der Waals surface area contributed by atoms with Crippen molar-refractivity contribution < 1.29 is 13.2 Å². The van der Waals surface area contributed by atoms with Crippen molar-refractivity contribution in [2.45, 2.75) is 18.0 Å². The van der Waals surface area contributed by atoms with Crippen molar-refractivity contribution in [3.63, 3.8) is 0 Å². The molecule has 0 spiro atoms. The monoisotopic (exact) mass is 475 g/mol. The van der Waals surface area contributed by atoms with E-state index in [1.807, 2.05) is 34.9 Å². The first-order valence-electron chi connectivity index (χ1n) is 10.7. The summed E-state index contributed by atoms with van der Waals surface area (Å²) in [7, 11) is -3.91. The highest BCUT2D eigenvalue weighted by molar-refractivity contribution is 7.92. The molecule has 1 aromatic heterocycles. The van der Waals surface area contributed by atoms with Crippen LogP contribution in [0.2, 0.25) is 0 Å². The Morgan fingerprint density at radius 3 is 2.35 bits per heavy atom. The molecule has 0 aliphatic heterocycles. The first-order chi connectivity index (χ1) is 16.5. The van der Waals surface area contributed by atoms with E-state index < -0.39 is 10.0 Å². The van der Waals surface area contributed by atoms with Crippen LogP contribution in [-0.4, -0.2) is 30.4 Å². The summed E-state index contributed by atoms with van der Waals surface area (Å²) in [6, 6.07) is 22.9. The fraction of sp³-hybridized carbons (Fsp3) is 0.120. The zero-order chi connectivity index (χ0) is 23.8. The summed E-state index contributed by atoms with van der Waals surface area (Å²) in [5.74, 6) is -0.361. The zero-order valence-corrected chi connectivity index (χ0v) is 19.2. The van der Waals surface area contributed by atoms with Gasteiger partial charge in [-0.2, -0.15) is 0 Å². The third-order valence-electron chi connectivity index (χ3n) is 5.06. The molecule has 0 aliphatic rings. The number of sulfonamides is 1. The van der Waals surface area contributed by atoms with Gasteiger partial charge in [0.2, 0.25) is 0 Å². The second kappa shape index (κ2) is 10.7. The molecule has 3 N–H and O–H groups in total. The Morgan fingerprint density at radius 1 is 0.912 bits per heavy atom. The molecule has 0 aliphatic carbocycles. The zero-order valence-electron chi connectivity index (χ0n) is 18.4. The van der Waals surface area contributed by atoms with Crippen molar-refractivity contribution >= 4 is 27.3 Å². The number of hydrogen-bond donors (Lipinski definition) is 3. The summed E-state index contributed by atoms with van der Waals surface area (Å²) in [5, 5.41) is 6.06. The Balaban J connectivity index is 1.56. The van der Waals surface area contributed by atoms with E-state index in [4.69, 9.17) is 0 Å². The third kappa shape index (κ3) is 6.23. The fourth-order valence-electron chi connectivity index (χ4n) is 3.33. The number of carbonyl (C=O) groups is 1. The standard InChI is InChI=1S/C25H25N5O3S/c31-25(27-12-14-30-13-11-26-19-30)21-15-23(28-18-20-7-3-1-4-8-20)17-24(16-21)34(32,33)29-22-9-5-2-6-10-22/h1-11,13,15-17,19,28-29H,12,14,18H2,(H,27,31). The summed E-state index contributed by atoms with van der Waals surface area (Å²) in [6.07, 6.45) is 5.14. The van der Waals surface area contributed by atoms with E-state index in [0.717, 1.165) is 5.56 Å². The van der Waals surface area contributed by atoms with E-state index in [0.29, 0.717) is 31.0 Å². The SMILES string of the molecule is O=C(NCCn1ccnc1)c1cc(NCc2ccccc2)cc(S(=O)(=O)Nc2ccccc2)c1. The van der Waals surface area contributed by atoms with E-state index in [2.05, 4.69) is 20.3 Å². The molecule has 0 atom stereocenters. The molecule has 0 saturated carbocycles. The van der Waals surface area contributed by atoms with Gasteiger partial charge in [-0.1, -0.05) is 48.5 Å². The van der Waals surface area contributed by atoms with Crippen LogP contribution < -0.4 is 15.4 Å². The van der Waals surface area contributed by atoms with Crippen LogP contribution in [-0.2, 0) is 23.1 Å². The van der Waals surface area contributed by atoms with Crippen LogP contribution in [0.4, 0.5) is 11.4 Å². The highest BCUT2D eigenvalue weighted by Gasteiger charge is 2.18. The minimum Gasteiger partial charge on any atom is -0.381 e. The lowest BCUT2D eigenvalue weighted by Gasteiger charge is -2.14. The Labute approximate surface area is 198 Å². The first-order valence-corrected chi connectivity index (χ1v) is 12.2. The van der Waals surface area contributed by atoms with Crippen LogP contribution in [0.1, 0.15) is 15.9 Å². The number of imidazole rings is 1. The van der Waals surface area contributed by atoms with Gasteiger partial charge in [0.05, 0.1) is 11.2 Å². The highest BCUT2D eigenvalue weighted by atomic mass is 32.2. The van der Waals surface area contributed by atoms with Crippen LogP contribution in [0, 0.1) is 0 Å². The van der Waals surface area contributed by atoms with Gasteiger partial charge >= 0.3 is 0 Å². The molecule has 34 heavy (non-hydrogen) atoms. The Bertz CT molecular complexity index is 1330. The van der Waals surface area contributed by atoms with Gasteiger partial charge in [-0.25, -0.2) is 13.4 Å². The van der Waals surface area contributed by atoms with E-state index in [-0.39, 0.29) is 16.4 Å². The minimum atomic E-state index is -3.91. The second-order valence-corrected chi connectivity index (χ2v) is 9.30. The van der Waals surface area contributed by atoms with Crippen LogP contribution in [0.3, 0.4) is 0 Å². The highest BCUT2D eigenvalue weighted by Crippen LogP contribution is 2.22. The lowest BCUT2D eigenvalue weighted by Crippen LogP contribution is -2.27. The maximum absolute atomic E-state index is 13.1. The number of nitrogens with zero attached hydrogens (tertiary/aromatic N) is 2. The Kier molecular flexibility index (Phi) is 7.24. The molecule has 4 rings (SSSR count). The van der Waals surface area contributed by atoms with Gasteiger partial charge in [0.25, 0.3) is 15.9 Å². The third-order valence-corrected chi connectivity index (χ3v) is 6.42. The van der Waals surface area contributed by atoms with Gasteiger partial charge in [-0.05, 0) is 35.9 Å². The van der Waals surface area contributed by atoms with Gasteiger partial charge in [-0.3, -0.25) is 9.52 Å². The number of hydrogen-bond acceptors (Lipinski definition) is 5. The van der Waals surface area contributed by atoms with E-state index in [1.165, 1.54) is 12.1 Å². The van der Waals surface area contributed by atoms with Crippen molar-refractivity contribution in [3.8, 4) is 0 Å².